The molecule has 0 bridgehead atoms. The van der Waals surface area contributed by atoms with Crippen LogP contribution in [0.2, 0.25) is 0 Å². The van der Waals surface area contributed by atoms with Gasteiger partial charge in [-0.3, -0.25) is 0 Å². The summed E-state index contributed by atoms with van der Waals surface area (Å²) in [6.45, 7) is 0. The van der Waals surface area contributed by atoms with Crippen molar-refractivity contribution in [1.29, 1.82) is 0 Å². The summed E-state index contributed by atoms with van der Waals surface area (Å²) >= 11 is 0. The zero-order valence-electron chi connectivity index (χ0n) is 10.1. The molecule has 0 saturated heterocycles. The maximum Gasteiger partial charge on any atom is 0.212 e. The highest BCUT2D eigenvalue weighted by Gasteiger charge is 2.27. The number of nitrogens with two attached hydrogens (primary N) is 1. The number of nitrogen functional groups attached to an aromatic ring is 1. The van der Waals surface area contributed by atoms with E-state index in [9.17, 15) is 0 Å². The van der Waals surface area contributed by atoms with Crippen molar-refractivity contribution >= 4 is 5.82 Å². The average molecular weight is 242 g/mol. The Balaban J connectivity index is 1.98. The summed E-state index contributed by atoms with van der Waals surface area (Å²) in [4.78, 5) is 13.0. The molecule has 5 nitrogen and oxygen atoms in total. The van der Waals surface area contributed by atoms with Crippen molar-refractivity contribution in [3.63, 3.8) is 0 Å². The summed E-state index contributed by atoms with van der Waals surface area (Å²) in [6, 6.07) is 5.50. The average Bonchev–Trinajstić information content (AvgIpc) is 3.22. The Morgan fingerprint density at radius 1 is 1.28 bits per heavy atom. The fourth-order valence-corrected chi connectivity index (χ4v) is 1.81. The first-order valence-corrected chi connectivity index (χ1v) is 5.91. The van der Waals surface area contributed by atoms with Crippen LogP contribution in [0.4, 0.5) is 5.82 Å². The van der Waals surface area contributed by atoms with Crippen LogP contribution in [0.5, 0.6) is 5.88 Å². The summed E-state index contributed by atoms with van der Waals surface area (Å²) in [6.07, 6.45) is 4.05. The van der Waals surface area contributed by atoms with Crippen LogP contribution in [-0.2, 0) is 0 Å². The lowest BCUT2D eigenvalue weighted by molar-refractivity contribution is 0.398. The molecule has 92 valence electrons. The maximum atomic E-state index is 5.82. The van der Waals surface area contributed by atoms with Gasteiger partial charge < -0.3 is 10.5 Å². The lowest BCUT2D eigenvalue weighted by atomic mass is 10.2. The number of anilines is 1. The Bertz CT molecular complexity index is 564. The van der Waals surface area contributed by atoms with E-state index in [0.717, 1.165) is 29.9 Å². The first-order valence-electron chi connectivity index (χ1n) is 5.91. The number of ether oxygens (including phenoxy) is 1. The fraction of sp³-hybridized carbons (Fsp3) is 0.308. The zero-order valence-corrected chi connectivity index (χ0v) is 10.1. The van der Waals surface area contributed by atoms with Gasteiger partial charge in [0, 0.05) is 29.8 Å². The van der Waals surface area contributed by atoms with Crippen LogP contribution in [-0.4, -0.2) is 22.1 Å². The lowest BCUT2D eigenvalue weighted by Crippen LogP contribution is -2.00. The van der Waals surface area contributed by atoms with E-state index in [2.05, 4.69) is 15.0 Å². The molecular formula is C13H14N4O. The number of hydrogen-bond donors (Lipinski definition) is 1. The molecule has 0 unspecified atom stereocenters. The van der Waals surface area contributed by atoms with Crippen LogP contribution in [0.25, 0.3) is 11.3 Å². The van der Waals surface area contributed by atoms with Crippen molar-refractivity contribution in [3.05, 3.63) is 30.2 Å². The Morgan fingerprint density at radius 2 is 2.11 bits per heavy atom. The monoisotopic (exact) mass is 242 g/mol. The van der Waals surface area contributed by atoms with Gasteiger partial charge in [-0.25, -0.2) is 15.0 Å². The highest BCUT2D eigenvalue weighted by molar-refractivity contribution is 5.61. The van der Waals surface area contributed by atoms with Crippen LogP contribution < -0.4 is 10.5 Å². The molecule has 2 aromatic heterocycles. The van der Waals surface area contributed by atoms with Gasteiger partial charge in [-0.15, -0.1) is 0 Å². The Labute approximate surface area is 105 Å². The van der Waals surface area contributed by atoms with Crippen LogP contribution in [0.15, 0.2) is 24.4 Å². The van der Waals surface area contributed by atoms with Gasteiger partial charge in [0.2, 0.25) is 5.88 Å². The summed E-state index contributed by atoms with van der Waals surface area (Å²) in [5.41, 5.74) is 7.56. The first kappa shape index (κ1) is 11.0. The highest BCUT2D eigenvalue weighted by atomic mass is 16.5. The molecule has 5 heteroatoms. The number of methoxy groups -OCH3 is 1. The molecule has 1 aliphatic carbocycles. The van der Waals surface area contributed by atoms with Gasteiger partial charge in [0.1, 0.15) is 11.6 Å². The van der Waals surface area contributed by atoms with E-state index in [1.807, 2.05) is 12.1 Å². The molecule has 0 aromatic carbocycles. The summed E-state index contributed by atoms with van der Waals surface area (Å²) < 4.78 is 5.03. The second-order valence-electron chi connectivity index (χ2n) is 4.40. The normalized spacial score (nSPS) is 14.5. The topological polar surface area (TPSA) is 73.9 Å². The van der Waals surface area contributed by atoms with E-state index in [-0.39, 0.29) is 0 Å². The maximum absolute atomic E-state index is 5.82. The minimum Gasteiger partial charge on any atom is -0.481 e. The van der Waals surface area contributed by atoms with E-state index in [0.29, 0.717) is 17.6 Å². The van der Waals surface area contributed by atoms with E-state index >= 15 is 0 Å². The van der Waals surface area contributed by atoms with Crippen LogP contribution >= 0.6 is 0 Å². The smallest absolute Gasteiger partial charge is 0.212 e. The minimum atomic E-state index is 0.485. The predicted molar refractivity (Wildman–Crippen MR) is 68.2 cm³/mol. The standard InChI is InChI=1S/C13H14N4O/c1-18-12-5-4-9(7-15-12)10-6-11(14)17-13(16-10)8-2-3-8/h4-8H,2-3H2,1H3,(H2,14,16,17). The van der Waals surface area contributed by atoms with Crippen LogP contribution in [0, 0.1) is 0 Å². The molecule has 0 radical (unpaired) electrons. The van der Waals surface area contributed by atoms with Crippen molar-refractivity contribution in [2.45, 2.75) is 18.8 Å². The molecule has 3 rings (SSSR count). The van der Waals surface area contributed by atoms with Gasteiger partial charge in [0.25, 0.3) is 0 Å². The number of hydrogen-bond acceptors (Lipinski definition) is 5. The van der Waals surface area contributed by atoms with Gasteiger partial charge in [0.15, 0.2) is 0 Å². The minimum absolute atomic E-state index is 0.485. The van der Waals surface area contributed by atoms with Crippen LogP contribution in [0.1, 0.15) is 24.6 Å². The van der Waals surface area contributed by atoms with Crippen molar-refractivity contribution in [2.75, 3.05) is 12.8 Å². The molecule has 1 saturated carbocycles. The second-order valence-corrected chi connectivity index (χ2v) is 4.40. The zero-order chi connectivity index (χ0) is 12.5. The van der Waals surface area contributed by atoms with Gasteiger partial charge in [-0.05, 0) is 18.9 Å². The highest BCUT2D eigenvalue weighted by Crippen LogP contribution is 2.38. The molecule has 1 fully saturated rings. The van der Waals surface area contributed by atoms with Crippen molar-refractivity contribution in [3.8, 4) is 17.1 Å². The third-order valence-electron chi connectivity index (χ3n) is 2.95. The molecule has 0 aliphatic heterocycles. The molecule has 0 spiro atoms. The summed E-state index contributed by atoms with van der Waals surface area (Å²) in [5, 5.41) is 0. The summed E-state index contributed by atoms with van der Waals surface area (Å²) in [5.74, 6) is 2.43. The molecule has 0 atom stereocenters. The third-order valence-corrected chi connectivity index (χ3v) is 2.95. The predicted octanol–water partition coefficient (Wildman–Crippen LogP) is 2.01. The van der Waals surface area contributed by atoms with Crippen molar-refractivity contribution < 1.29 is 4.74 Å². The van der Waals surface area contributed by atoms with Crippen LogP contribution in [0.3, 0.4) is 0 Å². The molecule has 18 heavy (non-hydrogen) atoms. The lowest BCUT2D eigenvalue weighted by Gasteiger charge is -2.05. The quantitative estimate of drug-likeness (QED) is 0.891. The number of nitrogens with zero attached hydrogens (tertiary/aromatic N) is 3. The molecule has 2 heterocycles. The van der Waals surface area contributed by atoms with Gasteiger partial charge in [-0.2, -0.15) is 0 Å². The molecule has 2 N–H and O–H groups in total. The SMILES string of the molecule is COc1ccc(-c2cc(N)nc(C3CC3)n2)cn1. The van der Waals surface area contributed by atoms with E-state index < -0.39 is 0 Å². The second kappa shape index (κ2) is 4.25. The van der Waals surface area contributed by atoms with Crippen molar-refractivity contribution in [2.24, 2.45) is 0 Å². The number of aromatic nitrogens is 3. The van der Waals surface area contributed by atoms with Crippen molar-refractivity contribution in [1.82, 2.24) is 15.0 Å². The Hall–Kier alpha value is -2.17. The Kier molecular flexibility index (Phi) is 2.59. The van der Waals surface area contributed by atoms with E-state index in [4.69, 9.17) is 10.5 Å². The number of pyridine rings is 1. The van der Waals surface area contributed by atoms with E-state index in [1.54, 1.807) is 19.4 Å². The fourth-order valence-electron chi connectivity index (χ4n) is 1.81. The molecule has 0 amide bonds. The first-order chi connectivity index (χ1) is 8.76. The number of rotatable bonds is 3. The van der Waals surface area contributed by atoms with Gasteiger partial charge in [0.05, 0.1) is 12.8 Å². The molecular weight excluding hydrogens is 228 g/mol. The summed E-state index contributed by atoms with van der Waals surface area (Å²) in [7, 11) is 1.59. The van der Waals surface area contributed by atoms with Gasteiger partial charge in [-0.1, -0.05) is 0 Å². The molecule has 2 aromatic rings. The van der Waals surface area contributed by atoms with Gasteiger partial charge >= 0.3 is 0 Å². The van der Waals surface area contributed by atoms with E-state index in [1.165, 1.54) is 0 Å². The third kappa shape index (κ3) is 2.11. The largest absolute Gasteiger partial charge is 0.481 e. The Morgan fingerprint density at radius 3 is 2.72 bits per heavy atom. The molecule has 1 aliphatic rings.